The van der Waals surface area contributed by atoms with Crippen LogP contribution < -0.4 is 0 Å². The summed E-state index contributed by atoms with van der Waals surface area (Å²) in [4.78, 5) is 14.7. The van der Waals surface area contributed by atoms with Gasteiger partial charge in [0, 0.05) is 6.42 Å². The molecule has 0 bridgehead atoms. The lowest BCUT2D eigenvalue weighted by atomic mass is 10.0. The van der Waals surface area contributed by atoms with Gasteiger partial charge in [-0.05, 0) is 32.4 Å². The van der Waals surface area contributed by atoms with E-state index in [9.17, 15) is 4.79 Å². The summed E-state index contributed by atoms with van der Waals surface area (Å²) in [6.45, 7) is 6.66. The normalized spacial score (nSPS) is 19.3. The van der Waals surface area contributed by atoms with Crippen LogP contribution in [0, 0.1) is 0 Å². The summed E-state index contributed by atoms with van der Waals surface area (Å²) >= 11 is 0. The van der Waals surface area contributed by atoms with Crippen molar-refractivity contribution in [1.82, 2.24) is 4.90 Å². The van der Waals surface area contributed by atoms with E-state index in [0.29, 0.717) is 5.78 Å². The highest BCUT2D eigenvalue weighted by Gasteiger charge is 2.25. The number of Topliss-reactive ketones (excluding diaryl/α,β-unsaturated/α-hetero) is 1. The molecule has 0 radical (unpaired) electrons. The molecule has 0 N–H and O–H groups in total. The highest BCUT2D eigenvalue weighted by molar-refractivity contribution is 5.84. The van der Waals surface area contributed by atoms with Crippen molar-refractivity contribution >= 4 is 5.78 Å². The second-order valence-electron chi connectivity index (χ2n) is 7.39. The van der Waals surface area contributed by atoms with Gasteiger partial charge in [-0.2, -0.15) is 0 Å². The standard InChI is InChI=1S/C21H41NO/c1-3-5-6-7-8-9-10-11-12-16-19-22(4-2)20-17-14-13-15-18-21(20)23/h20H,3-19H2,1-2H3. The Balaban J connectivity index is 2.05. The third-order valence-electron chi connectivity index (χ3n) is 5.42. The maximum atomic E-state index is 12.3. The molecule has 0 aromatic heterocycles. The Bertz CT molecular complexity index is 290. The van der Waals surface area contributed by atoms with Gasteiger partial charge >= 0.3 is 0 Å². The van der Waals surface area contributed by atoms with Crippen molar-refractivity contribution in [3.63, 3.8) is 0 Å². The van der Waals surface area contributed by atoms with E-state index in [4.69, 9.17) is 0 Å². The Morgan fingerprint density at radius 1 is 0.826 bits per heavy atom. The molecule has 0 saturated heterocycles. The summed E-state index contributed by atoms with van der Waals surface area (Å²) in [5.74, 6) is 0.511. The number of nitrogens with zero attached hydrogens (tertiary/aromatic N) is 1. The number of ketones is 1. The van der Waals surface area contributed by atoms with E-state index >= 15 is 0 Å². The van der Waals surface area contributed by atoms with Crippen LogP contribution in [0.3, 0.4) is 0 Å². The second-order valence-corrected chi connectivity index (χ2v) is 7.39. The fourth-order valence-electron chi connectivity index (χ4n) is 3.86. The molecule has 1 unspecified atom stereocenters. The number of hydrogen-bond acceptors (Lipinski definition) is 2. The molecule has 1 rings (SSSR count). The first-order chi connectivity index (χ1) is 11.3. The van der Waals surface area contributed by atoms with Crippen molar-refractivity contribution in [2.45, 2.75) is 116 Å². The van der Waals surface area contributed by atoms with Crippen LogP contribution in [0.5, 0.6) is 0 Å². The topological polar surface area (TPSA) is 20.3 Å². The van der Waals surface area contributed by atoms with Crippen LogP contribution in [0.15, 0.2) is 0 Å². The van der Waals surface area contributed by atoms with Gasteiger partial charge in [0.25, 0.3) is 0 Å². The number of likely N-dealkylation sites (N-methyl/N-ethyl adjacent to an activating group) is 1. The van der Waals surface area contributed by atoms with Gasteiger partial charge in [0.05, 0.1) is 6.04 Å². The third kappa shape index (κ3) is 9.49. The molecule has 1 fully saturated rings. The molecule has 0 heterocycles. The van der Waals surface area contributed by atoms with Crippen molar-refractivity contribution in [2.75, 3.05) is 13.1 Å². The molecule has 1 atom stereocenters. The molecule has 0 aromatic rings. The minimum atomic E-state index is 0.237. The summed E-state index contributed by atoms with van der Waals surface area (Å²) in [6, 6.07) is 0.237. The van der Waals surface area contributed by atoms with Gasteiger partial charge in [-0.1, -0.05) is 84.5 Å². The summed E-state index contributed by atoms with van der Waals surface area (Å²) in [5.41, 5.74) is 0. The van der Waals surface area contributed by atoms with Crippen LogP contribution >= 0.6 is 0 Å². The van der Waals surface area contributed by atoms with Crippen molar-refractivity contribution in [3.05, 3.63) is 0 Å². The zero-order valence-electron chi connectivity index (χ0n) is 16.0. The average Bonchev–Trinajstić information content (AvgIpc) is 2.77. The van der Waals surface area contributed by atoms with Gasteiger partial charge in [-0.3, -0.25) is 9.69 Å². The molecule has 2 nitrogen and oxygen atoms in total. The predicted molar refractivity (Wildman–Crippen MR) is 101 cm³/mol. The smallest absolute Gasteiger partial charge is 0.149 e. The minimum absolute atomic E-state index is 0.237. The average molecular weight is 324 g/mol. The van der Waals surface area contributed by atoms with Gasteiger partial charge in [-0.25, -0.2) is 0 Å². The molecule has 136 valence electrons. The molecule has 1 aliphatic carbocycles. The van der Waals surface area contributed by atoms with Crippen LogP contribution in [0.4, 0.5) is 0 Å². The van der Waals surface area contributed by atoms with Gasteiger partial charge in [0.1, 0.15) is 5.78 Å². The second kappa shape index (κ2) is 14.0. The molecule has 0 spiro atoms. The SMILES string of the molecule is CCCCCCCCCCCCN(CC)C1CCCCCC1=O. The van der Waals surface area contributed by atoms with Gasteiger partial charge in [0.2, 0.25) is 0 Å². The molecular weight excluding hydrogens is 282 g/mol. The van der Waals surface area contributed by atoms with E-state index in [0.717, 1.165) is 32.4 Å². The fourth-order valence-corrected chi connectivity index (χ4v) is 3.86. The van der Waals surface area contributed by atoms with Crippen LogP contribution in [-0.2, 0) is 4.79 Å². The lowest BCUT2D eigenvalue weighted by molar-refractivity contribution is -0.124. The van der Waals surface area contributed by atoms with Crippen LogP contribution in [0.25, 0.3) is 0 Å². The van der Waals surface area contributed by atoms with Gasteiger partial charge in [0.15, 0.2) is 0 Å². The molecule has 0 amide bonds. The first-order valence-corrected chi connectivity index (χ1v) is 10.6. The number of hydrogen-bond donors (Lipinski definition) is 0. The van der Waals surface area contributed by atoms with Crippen molar-refractivity contribution in [2.24, 2.45) is 0 Å². The van der Waals surface area contributed by atoms with E-state index in [1.165, 1.54) is 77.0 Å². The largest absolute Gasteiger partial charge is 0.298 e. The van der Waals surface area contributed by atoms with E-state index in [2.05, 4.69) is 18.7 Å². The van der Waals surface area contributed by atoms with E-state index in [1.807, 2.05) is 0 Å². The predicted octanol–water partition coefficient (Wildman–Crippen LogP) is 6.13. The molecule has 0 aliphatic heterocycles. The summed E-state index contributed by atoms with van der Waals surface area (Å²) < 4.78 is 0. The Hall–Kier alpha value is -0.370. The highest BCUT2D eigenvalue weighted by Crippen LogP contribution is 2.20. The monoisotopic (exact) mass is 323 g/mol. The summed E-state index contributed by atoms with van der Waals surface area (Å²) in [6.07, 6.45) is 19.4. The maximum absolute atomic E-state index is 12.3. The van der Waals surface area contributed by atoms with Crippen LogP contribution in [0.2, 0.25) is 0 Å². The number of unbranched alkanes of at least 4 members (excludes halogenated alkanes) is 9. The van der Waals surface area contributed by atoms with Gasteiger partial charge < -0.3 is 0 Å². The Labute approximate surface area is 145 Å². The lowest BCUT2D eigenvalue weighted by Gasteiger charge is -2.28. The zero-order chi connectivity index (χ0) is 16.8. The highest BCUT2D eigenvalue weighted by atomic mass is 16.1. The number of carbonyl (C=O) groups is 1. The quantitative estimate of drug-likeness (QED) is 0.300. The Morgan fingerprint density at radius 2 is 1.43 bits per heavy atom. The van der Waals surface area contributed by atoms with Crippen molar-refractivity contribution in [3.8, 4) is 0 Å². The summed E-state index contributed by atoms with van der Waals surface area (Å²) in [7, 11) is 0. The first-order valence-electron chi connectivity index (χ1n) is 10.6. The Morgan fingerprint density at radius 3 is 2.04 bits per heavy atom. The van der Waals surface area contributed by atoms with Crippen LogP contribution in [-0.4, -0.2) is 29.8 Å². The minimum Gasteiger partial charge on any atom is -0.298 e. The molecule has 1 saturated carbocycles. The van der Waals surface area contributed by atoms with E-state index in [1.54, 1.807) is 0 Å². The number of rotatable bonds is 13. The fraction of sp³-hybridized carbons (Fsp3) is 0.952. The molecular formula is C21H41NO. The number of carbonyl (C=O) groups excluding carboxylic acids is 1. The van der Waals surface area contributed by atoms with E-state index in [-0.39, 0.29) is 6.04 Å². The Kier molecular flexibility index (Phi) is 12.6. The van der Waals surface area contributed by atoms with Crippen molar-refractivity contribution < 1.29 is 4.79 Å². The molecule has 1 aliphatic rings. The van der Waals surface area contributed by atoms with Gasteiger partial charge in [-0.15, -0.1) is 0 Å². The summed E-state index contributed by atoms with van der Waals surface area (Å²) in [5, 5.41) is 0. The maximum Gasteiger partial charge on any atom is 0.149 e. The molecule has 23 heavy (non-hydrogen) atoms. The zero-order valence-corrected chi connectivity index (χ0v) is 16.0. The lowest BCUT2D eigenvalue weighted by Crippen LogP contribution is -2.41. The first kappa shape index (κ1) is 20.7. The third-order valence-corrected chi connectivity index (χ3v) is 5.42. The van der Waals surface area contributed by atoms with E-state index < -0.39 is 0 Å². The molecule has 2 heteroatoms. The molecule has 0 aromatic carbocycles. The van der Waals surface area contributed by atoms with Crippen LogP contribution in [0.1, 0.15) is 110 Å². The van der Waals surface area contributed by atoms with Crippen molar-refractivity contribution in [1.29, 1.82) is 0 Å².